The molecule has 0 amide bonds. The summed E-state index contributed by atoms with van der Waals surface area (Å²) in [6, 6.07) is 17.8. The second-order valence-corrected chi connectivity index (χ2v) is 7.70. The maximum absolute atomic E-state index is 12.7. The molecule has 2 aromatic carbocycles. The van der Waals surface area contributed by atoms with Gasteiger partial charge in [-0.3, -0.25) is 4.57 Å². The van der Waals surface area contributed by atoms with E-state index >= 15 is 0 Å². The number of ether oxygens (including phenoxy) is 1. The zero-order valence-corrected chi connectivity index (χ0v) is 16.2. The summed E-state index contributed by atoms with van der Waals surface area (Å²) in [6.45, 7) is 6.20. The third-order valence-electron chi connectivity index (χ3n) is 4.30. The van der Waals surface area contributed by atoms with Gasteiger partial charge in [-0.05, 0) is 32.4 Å². The van der Waals surface area contributed by atoms with Crippen LogP contribution in [0.15, 0.2) is 67.0 Å². The maximum atomic E-state index is 12.7. The number of nitrogens with zero attached hydrogens (tertiary/aromatic N) is 4. The first kappa shape index (κ1) is 18.0. The van der Waals surface area contributed by atoms with Crippen LogP contribution in [0.25, 0.3) is 22.2 Å². The lowest BCUT2D eigenvalue weighted by Crippen LogP contribution is -2.26. The van der Waals surface area contributed by atoms with E-state index in [9.17, 15) is 4.79 Å². The summed E-state index contributed by atoms with van der Waals surface area (Å²) in [7, 11) is 0. The van der Waals surface area contributed by atoms with E-state index in [2.05, 4.69) is 22.4 Å². The van der Waals surface area contributed by atoms with Gasteiger partial charge in [-0.1, -0.05) is 53.7 Å². The predicted molar refractivity (Wildman–Crippen MR) is 108 cm³/mol. The third-order valence-corrected chi connectivity index (χ3v) is 4.30. The molecule has 2 heterocycles. The topological polar surface area (TPSA) is 61.9 Å². The first-order valence-corrected chi connectivity index (χ1v) is 9.18. The van der Waals surface area contributed by atoms with Crippen LogP contribution in [0, 0.1) is 0 Å². The highest BCUT2D eigenvalue weighted by Gasteiger charge is 2.21. The Balaban J connectivity index is 1.71. The zero-order chi connectivity index (χ0) is 19.7. The Labute approximate surface area is 163 Å². The fraction of sp³-hybridized carbons (Fsp3) is 0.227. The van der Waals surface area contributed by atoms with E-state index in [4.69, 9.17) is 4.74 Å². The molecule has 0 spiro atoms. The lowest BCUT2D eigenvalue weighted by Gasteiger charge is -2.19. The number of carbonyl (C=O) groups excluding carboxylic acids is 1. The van der Waals surface area contributed by atoms with E-state index in [-0.39, 0.29) is 0 Å². The van der Waals surface area contributed by atoms with Gasteiger partial charge in [0.25, 0.3) is 0 Å². The predicted octanol–water partition coefficient (Wildman–Crippen LogP) is 4.73. The average molecular weight is 374 g/mol. The molecule has 0 aliphatic heterocycles. The van der Waals surface area contributed by atoms with E-state index in [1.165, 1.54) is 4.57 Å². The minimum Gasteiger partial charge on any atom is -0.443 e. The lowest BCUT2D eigenvalue weighted by molar-refractivity contribution is 0.0544. The van der Waals surface area contributed by atoms with Crippen LogP contribution in [0.1, 0.15) is 26.3 Å². The van der Waals surface area contributed by atoms with Gasteiger partial charge in [0, 0.05) is 17.1 Å². The van der Waals surface area contributed by atoms with Crippen molar-refractivity contribution < 1.29 is 9.53 Å². The van der Waals surface area contributed by atoms with Crippen molar-refractivity contribution in [2.45, 2.75) is 32.9 Å². The number of benzene rings is 2. The molecule has 6 nitrogen and oxygen atoms in total. The molecule has 0 bridgehead atoms. The normalized spacial score (nSPS) is 11.7. The van der Waals surface area contributed by atoms with Crippen molar-refractivity contribution in [2.75, 3.05) is 0 Å². The minimum absolute atomic E-state index is 0.411. The van der Waals surface area contributed by atoms with Gasteiger partial charge >= 0.3 is 6.09 Å². The van der Waals surface area contributed by atoms with Crippen molar-refractivity contribution in [3.63, 3.8) is 0 Å². The van der Waals surface area contributed by atoms with Crippen LogP contribution >= 0.6 is 0 Å². The SMILES string of the molecule is CC(C)(C)OC(=O)n1cc(-c2cn(Cc3ccccc3)nn2)c2ccccc21. The molecule has 0 saturated carbocycles. The van der Waals surface area contributed by atoms with E-state index in [0.29, 0.717) is 6.54 Å². The van der Waals surface area contributed by atoms with Crippen LogP contribution in [-0.2, 0) is 11.3 Å². The fourth-order valence-corrected chi connectivity index (χ4v) is 3.12. The monoisotopic (exact) mass is 374 g/mol. The van der Waals surface area contributed by atoms with Gasteiger partial charge in [-0.25, -0.2) is 9.48 Å². The minimum atomic E-state index is -0.568. The number of rotatable bonds is 3. The molecule has 0 radical (unpaired) electrons. The lowest BCUT2D eigenvalue weighted by atomic mass is 10.1. The van der Waals surface area contributed by atoms with E-state index in [0.717, 1.165) is 27.7 Å². The quantitative estimate of drug-likeness (QED) is 0.520. The number of hydrogen-bond donors (Lipinski definition) is 0. The molecular weight excluding hydrogens is 352 g/mol. The summed E-state index contributed by atoms with van der Waals surface area (Å²) >= 11 is 0. The van der Waals surface area contributed by atoms with Crippen LogP contribution < -0.4 is 0 Å². The van der Waals surface area contributed by atoms with Gasteiger partial charge in [-0.15, -0.1) is 5.10 Å². The Morgan fingerprint density at radius 3 is 2.46 bits per heavy atom. The van der Waals surface area contributed by atoms with E-state index in [1.807, 2.05) is 69.4 Å². The van der Waals surface area contributed by atoms with Gasteiger partial charge in [-0.2, -0.15) is 0 Å². The van der Waals surface area contributed by atoms with Crippen molar-refractivity contribution in [1.82, 2.24) is 19.6 Å². The van der Waals surface area contributed by atoms with Crippen molar-refractivity contribution in [3.8, 4) is 11.3 Å². The molecule has 28 heavy (non-hydrogen) atoms. The summed E-state index contributed by atoms with van der Waals surface area (Å²) in [5.74, 6) is 0. The van der Waals surface area contributed by atoms with Crippen LogP contribution in [0.3, 0.4) is 0 Å². The molecule has 0 aliphatic rings. The molecule has 0 aliphatic carbocycles. The number of fused-ring (bicyclic) bond motifs is 1. The molecule has 0 N–H and O–H groups in total. The Morgan fingerprint density at radius 1 is 1.00 bits per heavy atom. The molecule has 4 aromatic rings. The van der Waals surface area contributed by atoms with Crippen LogP contribution in [0.4, 0.5) is 4.79 Å². The van der Waals surface area contributed by atoms with Gasteiger partial charge < -0.3 is 4.74 Å². The Kier molecular flexibility index (Phi) is 4.47. The highest BCUT2D eigenvalue weighted by Crippen LogP contribution is 2.30. The standard InChI is InChI=1S/C22H22N4O2/c1-22(2,3)28-21(27)26-14-18(17-11-7-8-12-20(17)26)19-15-25(24-23-19)13-16-9-5-4-6-10-16/h4-12,14-15H,13H2,1-3H3. The Morgan fingerprint density at radius 2 is 1.71 bits per heavy atom. The summed E-state index contributed by atoms with van der Waals surface area (Å²) < 4.78 is 8.88. The van der Waals surface area contributed by atoms with Gasteiger partial charge in [0.1, 0.15) is 11.3 Å². The average Bonchev–Trinajstić information content (AvgIpc) is 3.25. The highest BCUT2D eigenvalue weighted by atomic mass is 16.6. The number of aromatic nitrogens is 4. The second-order valence-electron chi connectivity index (χ2n) is 7.70. The maximum Gasteiger partial charge on any atom is 0.419 e. The van der Waals surface area contributed by atoms with Crippen molar-refractivity contribution in [1.29, 1.82) is 0 Å². The second kappa shape index (κ2) is 6.96. The third kappa shape index (κ3) is 3.67. The Hall–Kier alpha value is -3.41. The van der Waals surface area contributed by atoms with Gasteiger partial charge in [0.05, 0.1) is 18.3 Å². The van der Waals surface area contributed by atoms with E-state index in [1.54, 1.807) is 10.9 Å². The summed E-state index contributed by atoms with van der Waals surface area (Å²) in [6.07, 6.45) is 3.26. The largest absolute Gasteiger partial charge is 0.443 e. The molecule has 0 fully saturated rings. The van der Waals surface area contributed by atoms with Gasteiger partial charge in [0.15, 0.2) is 0 Å². The zero-order valence-electron chi connectivity index (χ0n) is 16.2. The molecule has 0 atom stereocenters. The van der Waals surface area contributed by atoms with Crippen molar-refractivity contribution in [2.24, 2.45) is 0 Å². The van der Waals surface area contributed by atoms with Crippen LogP contribution in [0.2, 0.25) is 0 Å². The Bertz CT molecular complexity index is 1120. The summed E-state index contributed by atoms with van der Waals surface area (Å²) in [4.78, 5) is 12.7. The van der Waals surface area contributed by atoms with Crippen molar-refractivity contribution in [3.05, 3.63) is 72.6 Å². The molecule has 0 saturated heterocycles. The van der Waals surface area contributed by atoms with Crippen LogP contribution in [0.5, 0.6) is 0 Å². The smallest absolute Gasteiger partial charge is 0.419 e. The number of para-hydroxylation sites is 1. The van der Waals surface area contributed by atoms with Crippen molar-refractivity contribution >= 4 is 17.0 Å². The molecule has 6 heteroatoms. The summed E-state index contributed by atoms with van der Waals surface area (Å²) in [5, 5.41) is 9.51. The highest BCUT2D eigenvalue weighted by molar-refractivity contribution is 5.99. The van der Waals surface area contributed by atoms with E-state index < -0.39 is 11.7 Å². The molecule has 2 aromatic heterocycles. The molecule has 142 valence electrons. The molecule has 4 rings (SSSR count). The van der Waals surface area contributed by atoms with Crippen LogP contribution in [-0.4, -0.2) is 31.3 Å². The molecule has 0 unspecified atom stereocenters. The van der Waals surface area contributed by atoms with Gasteiger partial charge in [0.2, 0.25) is 0 Å². The number of hydrogen-bond acceptors (Lipinski definition) is 4. The summed E-state index contributed by atoms with van der Waals surface area (Å²) in [5.41, 5.74) is 2.93. The first-order chi connectivity index (χ1) is 13.4. The number of carbonyl (C=O) groups is 1. The fourth-order valence-electron chi connectivity index (χ4n) is 3.12. The first-order valence-electron chi connectivity index (χ1n) is 9.18. The molecular formula is C22H22N4O2.